The van der Waals surface area contributed by atoms with Crippen LogP contribution in [0.1, 0.15) is 30.5 Å². The second-order valence-electron chi connectivity index (χ2n) is 3.24. The Balaban J connectivity index is 2.93. The van der Waals surface area contributed by atoms with Gasteiger partial charge in [-0.2, -0.15) is 0 Å². The number of aliphatic hydroxyl groups excluding tert-OH is 1. The van der Waals surface area contributed by atoms with Gasteiger partial charge in [0.2, 0.25) is 0 Å². The number of benzene rings is 1. The van der Waals surface area contributed by atoms with Crippen molar-refractivity contribution >= 4 is 0 Å². The minimum atomic E-state index is -2.50. The molecule has 0 amide bonds. The first-order valence-electron chi connectivity index (χ1n) is 4.34. The first-order valence-corrected chi connectivity index (χ1v) is 4.34. The molecule has 4 heteroatoms. The zero-order chi connectivity index (χ0) is 10.7. The van der Waals surface area contributed by atoms with Crippen LogP contribution in [-0.4, -0.2) is 11.2 Å². The summed E-state index contributed by atoms with van der Waals surface area (Å²) < 4.78 is 24.6. The molecule has 0 heterocycles. The van der Waals surface area contributed by atoms with Gasteiger partial charge < -0.3 is 10.8 Å². The van der Waals surface area contributed by atoms with Gasteiger partial charge >= 0.3 is 0 Å². The van der Waals surface area contributed by atoms with Crippen LogP contribution in [0.4, 0.5) is 8.78 Å². The molecular formula is C10H13F2NO. The SMILES string of the molecule is C[C@H](O)[C@@H](N)c1cccc(C(F)F)c1. The van der Waals surface area contributed by atoms with Crippen LogP contribution in [0, 0.1) is 0 Å². The number of hydrogen-bond donors (Lipinski definition) is 2. The van der Waals surface area contributed by atoms with Gasteiger partial charge in [-0.05, 0) is 18.6 Å². The minimum Gasteiger partial charge on any atom is -0.391 e. The zero-order valence-electron chi connectivity index (χ0n) is 7.82. The quantitative estimate of drug-likeness (QED) is 0.785. The molecule has 0 spiro atoms. The Hall–Kier alpha value is -1.00. The van der Waals surface area contributed by atoms with Crippen molar-refractivity contribution in [3.05, 3.63) is 35.4 Å². The van der Waals surface area contributed by atoms with E-state index in [4.69, 9.17) is 5.73 Å². The molecule has 0 saturated heterocycles. The van der Waals surface area contributed by atoms with Gasteiger partial charge in [0.15, 0.2) is 0 Å². The molecule has 0 saturated carbocycles. The smallest absolute Gasteiger partial charge is 0.263 e. The molecule has 78 valence electrons. The highest BCUT2D eigenvalue weighted by atomic mass is 19.3. The van der Waals surface area contributed by atoms with E-state index in [-0.39, 0.29) is 5.56 Å². The van der Waals surface area contributed by atoms with E-state index in [1.807, 2.05) is 0 Å². The third kappa shape index (κ3) is 2.49. The molecule has 0 bridgehead atoms. The van der Waals surface area contributed by atoms with E-state index in [2.05, 4.69) is 0 Å². The molecule has 0 aliphatic carbocycles. The number of aliphatic hydroxyl groups is 1. The van der Waals surface area contributed by atoms with Gasteiger partial charge in [0.25, 0.3) is 6.43 Å². The Bertz CT molecular complexity index is 302. The van der Waals surface area contributed by atoms with Crippen molar-refractivity contribution in [1.29, 1.82) is 0 Å². The van der Waals surface area contributed by atoms with Gasteiger partial charge in [0.05, 0.1) is 12.1 Å². The van der Waals surface area contributed by atoms with Gasteiger partial charge in [-0.15, -0.1) is 0 Å². The number of alkyl halides is 2. The van der Waals surface area contributed by atoms with Crippen LogP contribution in [0.5, 0.6) is 0 Å². The molecule has 2 nitrogen and oxygen atoms in total. The van der Waals surface area contributed by atoms with Gasteiger partial charge in [0, 0.05) is 5.56 Å². The fourth-order valence-corrected chi connectivity index (χ4v) is 1.18. The van der Waals surface area contributed by atoms with Crippen LogP contribution >= 0.6 is 0 Å². The molecule has 0 radical (unpaired) electrons. The second kappa shape index (κ2) is 4.48. The first-order chi connectivity index (χ1) is 6.52. The van der Waals surface area contributed by atoms with Gasteiger partial charge in [0.1, 0.15) is 0 Å². The van der Waals surface area contributed by atoms with Crippen molar-refractivity contribution in [2.45, 2.75) is 25.5 Å². The molecule has 1 aromatic rings. The van der Waals surface area contributed by atoms with Gasteiger partial charge in [-0.1, -0.05) is 18.2 Å². The van der Waals surface area contributed by atoms with Gasteiger partial charge in [-0.3, -0.25) is 0 Å². The Morgan fingerprint density at radius 2 is 1.86 bits per heavy atom. The van der Waals surface area contributed by atoms with Crippen molar-refractivity contribution in [1.82, 2.24) is 0 Å². The molecule has 0 aliphatic rings. The highest BCUT2D eigenvalue weighted by molar-refractivity contribution is 5.27. The van der Waals surface area contributed by atoms with Crippen molar-refractivity contribution in [3.8, 4) is 0 Å². The van der Waals surface area contributed by atoms with Crippen molar-refractivity contribution in [2.75, 3.05) is 0 Å². The molecule has 0 aliphatic heterocycles. The molecule has 0 aromatic heterocycles. The maximum atomic E-state index is 12.3. The summed E-state index contributed by atoms with van der Waals surface area (Å²) in [4.78, 5) is 0. The van der Waals surface area contributed by atoms with Crippen LogP contribution in [0.3, 0.4) is 0 Å². The summed E-state index contributed by atoms with van der Waals surface area (Å²) in [5, 5.41) is 9.19. The Kier molecular flexibility index (Phi) is 3.55. The van der Waals surface area contributed by atoms with E-state index in [1.54, 1.807) is 6.07 Å². The zero-order valence-corrected chi connectivity index (χ0v) is 7.82. The largest absolute Gasteiger partial charge is 0.391 e. The molecule has 1 rings (SSSR count). The lowest BCUT2D eigenvalue weighted by Gasteiger charge is -2.15. The van der Waals surface area contributed by atoms with E-state index in [9.17, 15) is 13.9 Å². The van der Waals surface area contributed by atoms with E-state index in [0.717, 1.165) is 0 Å². The van der Waals surface area contributed by atoms with E-state index < -0.39 is 18.6 Å². The predicted molar refractivity (Wildman–Crippen MR) is 50.0 cm³/mol. The topological polar surface area (TPSA) is 46.2 Å². The van der Waals surface area contributed by atoms with Crippen LogP contribution in [-0.2, 0) is 0 Å². The predicted octanol–water partition coefficient (Wildman–Crippen LogP) is 2.00. The van der Waals surface area contributed by atoms with E-state index in [0.29, 0.717) is 5.56 Å². The number of nitrogens with two attached hydrogens (primary N) is 1. The lowest BCUT2D eigenvalue weighted by atomic mass is 10.0. The molecular weight excluding hydrogens is 188 g/mol. The number of halogens is 2. The fourth-order valence-electron chi connectivity index (χ4n) is 1.18. The summed E-state index contributed by atoms with van der Waals surface area (Å²) in [6.07, 6.45) is -3.25. The lowest BCUT2D eigenvalue weighted by molar-refractivity contribution is 0.149. The Labute approximate surface area is 81.4 Å². The van der Waals surface area contributed by atoms with Crippen LogP contribution in [0.15, 0.2) is 24.3 Å². The fraction of sp³-hybridized carbons (Fsp3) is 0.400. The summed E-state index contributed by atoms with van der Waals surface area (Å²) in [7, 11) is 0. The van der Waals surface area contributed by atoms with Crippen LogP contribution < -0.4 is 5.73 Å². The monoisotopic (exact) mass is 201 g/mol. The third-order valence-electron chi connectivity index (χ3n) is 2.07. The normalized spacial score (nSPS) is 15.6. The van der Waals surface area contributed by atoms with Crippen LogP contribution in [0.2, 0.25) is 0 Å². The average molecular weight is 201 g/mol. The highest BCUT2D eigenvalue weighted by Crippen LogP contribution is 2.22. The molecule has 2 atom stereocenters. The molecule has 1 aromatic carbocycles. The molecule has 0 fully saturated rings. The maximum absolute atomic E-state index is 12.3. The summed E-state index contributed by atoms with van der Waals surface area (Å²) in [6.45, 7) is 1.53. The minimum absolute atomic E-state index is 0.0707. The van der Waals surface area contributed by atoms with E-state index in [1.165, 1.54) is 25.1 Å². The summed E-state index contributed by atoms with van der Waals surface area (Å²) in [5.74, 6) is 0. The Morgan fingerprint density at radius 1 is 1.29 bits per heavy atom. The third-order valence-corrected chi connectivity index (χ3v) is 2.07. The highest BCUT2D eigenvalue weighted by Gasteiger charge is 2.14. The molecule has 3 N–H and O–H groups in total. The molecule has 0 unspecified atom stereocenters. The summed E-state index contributed by atoms with van der Waals surface area (Å²) in [5.41, 5.74) is 6.07. The molecule has 14 heavy (non-hydrogen) atoms. The Morgan fingerprint density at radius 3 is 2.36 bits per heavy atom. The first kappa shape index (κ1) is 11.1. The van der Waals surface area contributed by atoms with Gasteiger partial charge in [-0.25, -0.2) is 8.78 Å². The standard InChI is InChI=1S/C10H13F2NO/c1-6(14)9(13)7-3-2-4-8(5-7)10(11)12/h2-6,9-10,14H,13H2,1H3/t6-,9+/m0/s1. The summed E-state index contributed by atoms with van der Waals surface area (Å²) in [6, 6.07) is 5.18. The van der Waals surface area contributed by atoms with E-state index >= 15 is 0 Å². The number of rotatable bonds is 3. The second-order valence-corrected chi connectivity index (χ2v) is 3.24. The van der Waals surface area contributed by atoms with Crippen molar-refractivity contribution in [3.63, 3.8) is 0 Å². The van der Waals surface area contributed by atoms with Crippen LogP contribution in [0.25, 0.3) is 0 Å². The number of hydrogen-bond acceptors (Lipinski definition) is 2. The summed E-state index contributed by atoms with van der Waals surface area (Å²) >= 11 is 0. The maximum Gasteiger partial charge on any atom is 0.263 e. The van der Waals surface area contributed by atoms with Crippen molar-refractivity contribution < 1.29 is 13.9 Å². The van der Waals surface area contributed by atoms with Crippen molar-refractivity contribution in [2.24, 2.45) is 5.73 Å². The average Bonchev–Trinajstić information content (AvgIpc) is 2.16. The lowest BCUT2D eigenvalue weighted by Crippen LogP contribution is -2.23.